The standard InChI is InChI=1S/C26H40N4O3/c1-16(24(32)29-19-7-5-4-6-8-19)20-9-11-26(3)12-10-21(17(2)22(26)23(20)31)30-25(33)18-13-27-15-28-14-18/h13-17,19-23,31H,4-12H2,1-3H3,(H,29,32)(H,30,33)/t16-,17-,20+,21-,22+,23-,26+/m0/s1. The van der Waals surface area contributed by atoms with Gasteiger partial charge in [0.25, 0.3) is 5.91 Å². The molecular weight excluding hydrogens is 416 g/mol. The first-order valence-corrected chi connectivity index (χ1v) is 12.8. The number of aliphatic hydroxyl groups excluding tert-OH is 1. The van der Waals surface area contributed by atoms with Gasteiger partial charge in [0.2, 0.25) is 5.91 Å². The minimum Gasteiger partial charge on any atom is -0.392 e. The molecule has 33 heavy (non-hydrogen) atoms. The Bertz CT molecular complexity index is 828. The maximum atomic E-state index is 13.1. The van der Waals surface area contributed by atoms with Crippen LogP contribution in [-0.2, 0) is 4.79 Å². The summed E-state index contributed by atoms with van der Waals surface area (Å²) in [6.45, 7) is 6.41. The van der Waals surface area contributed by atoms with Gasteiger partial charge in [-0.05, 0) is 61.7 Å². The third-order valence-corrected chi connectivity index (χ3v) is 9.03. The number of carbonyl (C=O) groups is 2. The molecule has 3 fully saturated rings. The molecule has 0 spiro atoms. The number of nitrogens with one attached hydrogen (secondary N) is 2. The highest BCUT2D eigenvalue weighted by atomic mass is 16.3. The van der Waals surface area contributed by atoms with Crippen LogP contribution >= 0.6 is 0 Å². The van der Waals surface area contributed by atoms with Crippen molar-refractivity contribution in [2.24, 2.45) is 29.1 Å². The molecule has 3 N–H and O–H groups in total. The van der Waals surface area contributed by atoms with Gasteiger partial charge >= 0.3 is 0 Å². The van der Waals surface area contributed by atoms with Gasteiger partial charge in [0.15, 0.2) is 0 Å². The zero-order valence-corrected chi connectivity index (χ0v) is 20.3. The van der Waals surface area contributed by atoms with E-state index in [1.807, 2.05) is 6.92 Å². The Hall–Kier alpha value is -2.02. The Morgan fingerprint density at radius 3 is 2.42 bits per heavy atom. The molecule has 0 aromatic carbocycles. The number of fused-ring (bicyclic) bond motifs is 1. The van der Waals surface area contributed by atoms with Crippen molar-refractivity contribution < 1.29 is 14.7 Å². The van der Waals surface area contributed by atoms with Crippen molar-refractivity contribution in [1.29, 1.82) is 0 Å². The molecule has 3 saturated carbocycles. The van der Waals surface area contributed by atoms with E-state index in [1.54, 1.807) is 0 Å². The normalized spacial score (nSPS) is 35.8. The lowest BCUT2D eigenvalue weighted by Crippen LogP contribution is -2.58. The van der Waals surface area contributed by atoms with Crippen LogP contribution in [0.1, 0.15) is 88.9 Å². The molecule has 1 aromatic heterocycles. The second-order valence-electron chi connectivity index (χ2n) is 11.1. The van der Waals surface area contributed by atoms with E-state index >= 15 is 0 Å². The minimum atomic E-state index is -0.550. The van der Waals surface area contributed by atoms with Crippen LogP contribution in [0.2, 0.25) is 0 Å². The number of aromatic nitrogens is 2. The number of hydrogen-bond donors (Lipinski definition) is 3. The van der Waals surface area contributed by atoms with Crippen molar-refractivity contribution in [2.45, 2.75) is 96.7 Å². The summed E-state index contributed by atoms with van der Waals surface area (Å²) < 4.78 is 0. The zero-order valence-electron chi connectivity index (χ0n) is 20.3. The molecule has 3 aliphatic rings. The molecule has 0 aliphatic heterocycles. The fourth-order valence-corrected chi connectivity index (χ4v) is 6.94. The minimum absolute atomic E-state index is 0.0180. The van der Waals surface area contributed by atoms with Crippen LogP contribution < -0.4 is 10.6 Å². The largest absolute Gasteiger partial charge is 0.392 e. The number of nitrogens with zero attached hydrogens (tertiary/aromatic N) is 2. The van der Waals surface area contributed by atoms with Crippen molar-refractivity contribution in [2.75, 3.05) is 0 Å². The number of hydrogen-bond acceptors (Lipinski definition) is 5. The smallest absolute Gasteiger partial charge is 0.254 e. The lowest BCUT2D eigenvalue weighted by atomic mass is 9.51. The first-order valence-electron chi connectivity index (χ1n) is 12.8. The predicted octanol–water partition coefficient (Wildman–Crippen LogP) is 3.48. The first-order chi connectivity index (χ1) is 15.8. The molecule has 1 aromatic rings. The van der Waals surface area contributed by atoms with E-state index in [9.17, 15) is 14.7 Å². The molecule has 0 radical (unpaired) electrons. The predicted molar refractivity (Wildman–Crippen MR) is 126 cm³/mol. The Kier molecular flexibility index (Phi) is 7.37. The molecular formula is C26H40N4O3. The number of aliphatic hydroxyl groups is 1. The lowest BCUT2D eigenvalue weighted by molar-refractivity contribution is -0.142. The Balaban J connectivity index is 1.43. The summed E-state index contributed by atoms with van der Waals surface area (Å²) in [5.41, 5.74) is 0.486. The van der Waals surface area contributed by atoms with Gasteiger partial charge in [-0.1, -0.05) is 40.0 Å². The molecule has 2 amide bonds. The Labute approximate surface area is 197 Å². The molecule has 4 rings (SSSR count). The second kappa shape index (κ2) is 10.1. The summed E-state index contributed by atoms with van der Waals surface area (Å²) in [7, 11) is 0. The molecule has 7 atom stereocenters. The highest BCUT2D eigenvalue weighted by Gasteiger charge is 2.54. The van der Waals surface area contributed by atoms with Gasteiger partial charge in [0.1, 0.15) is 6.33 Å². The van der Waals surface area contributed by atoms with Gasteiger partial charge in [0, 0.05) is 30.4 Å². The van der Waals surface area contributed by atoms with Crippen molar-refractivity contribution in [3.63, 3.8) is 0 Å². The highest BCUT2D eigenvalue weighted by molar-refractivity contribution is 5.93. The van der Waals surface area contributed by atoms with E-state index in [0.717, 1.165) is 38.5 Å². The Morgan fingerprint density at radius 1 is 1.06 bits per heavy atom. The molecule has 182 valence electrons. The van der Waals surface area contributed by atoms with Gasteiger partial charge in [0.05, 0.1) is 11.7 Å². The molecule has 0 saturated heterocycles. The van der Waals surface area contributed by atoms with Crippen molar-refractivity contribution in [1.82, 2.24) is 20.6 Å². The summed E-state index contributed by atoms with van der Waals surface area (Å²) in [6.07, 6.45) is 13.4. The van der Waals surface area contributed by atoms with E-state index in [2.05, 4.69) is 34.4 Å². The molecule has 1 heterocycles. The monoisotopic (exact) mass is 456 g/mol. The highest BCUT2D eigenvalue weighted by Crippen LogP contribution is 2.55. The van der Waals surface area contributed by atoms with Crippen LogP contribution in [0, 0.1) is 29.1 Å². The second-order valence-corrected chi connectivity index (χ2v) is 11.1. The summed E-state index contributed by atoms with van der Waals surface area (Å²) >= 11 is 0. The Morgan fingerprint density at radius 2 is 1.73 bits per heavy atom. The van der Waals surface area contributed by atoms with Crippen LogP contribution in [-0.4, -0.2) is 45.1 Å². The van der Waals surface area contributed by atoms with E-state index in [-0.39, 0.29) is 53.0 Å². The molecule has 7 nitrogen and oxygen atoms in total. The van der Waals surface area contributed by atoms with Crippen molar-refractivity contribution in [3.05, 3.63) is 24.3 Å². The van der Waals surface area contributed by atoms with Crippen LogP contribution in [0.5, 0.6) is 0 Å². The summed E-state index contributed by atoms with van der Waals surface area (Å²) in [4.78, 5) is 33.7. The summed E-state index contributed by atoms with van der Waals surface area (Å²) in [5.74, 6) is -0.178. The fourth-order valence-electron chi connectivity index (χ4n) is 6.94. The van der Waals surface area contributed by atoms with Crippen LogP contribution in [0.4, 0.5) is 0 Å². The topological polar surface area (TPSA) is 104 Å². The zero-order chi connectivity index (χ0) is 23.6. The van der Waals surface area contributed by atoms with E-state index in [1.165, 1.54) is 38.0 Å². The summed E-state index contributed by atoms with van der Waals surface area (Å²) in [5, 5.41) is 18.0. The number of rotatable bonds is 5. The van der Waals surface area contributed by atoms with E-state index in [4.69, 9.17) is 0 Å². The van der Waals surface area contributed by atoms with Gasteiger partial charge in [-0.2, -0.15) is 0 Å². The van der Waals surface area contributed by atoms with E-state index < -0.39 is 6.10 Å². The van der Waals surface area contributed by atoms with Gasteiger partial charge in [-0.25, -0.2) is 9.97 Å². The van der Waals surface area contributed by atoms with Crippen molar-refractivity contribution in [3.8, 4) is 0 Å². The SMILES string of the molecule is C[C@@H]1[C@@H]2[C@@H](O)[C@@H]([C@H](C)C(=O)NC3CCCCC3)CC[C@]2(C)CC[C@@H]1NC(=O)c1cncnc1. The van der Waals surface area contributed by atoms with Gasteiger partial charge in [-0.15, -0.1) is 0 Å². The van der Waals surface area contributed by atoms with Crippen LogP contribution in [0.15, 0.2) is 18.7 Å². The average molecular weight is 457 g/mol. The molecule has 3 aliphatic carbocycles. The average Bonchev–Trinajstić information content (AvgIpc) is 2.82. The lowest BCUT2D eigenvalue weighted by Gasteiger charge is -2.56. The maximum Gasteiger partial charge on any atom is 0.254 e. The molecule has 0 unspecified atom stereocenters. The fraction of sp³-hybridized carbons (Fsp3) is 0.769. The maximum absolute atomic E-state index is 13.1. The molecule has 0 bridgehead atoms. The summed E-state index contributed by atoms with van der Waals surface area (Å²) in [6, 6.07) is 0.269. The first kappa shape index (κ1) is 24.1. The van der Waals surface area contributed by atoms with Gasteiger partial charge in [-0.3, -0.25) is 9.59 Å². The number of amides is 2. The molecule has 7 heteroatoms. The quantitative estimate of drug-likeness (QED) is 0.629. The number of carbonyl (C=O) groups excluding carboxylic acids is 2. The van der Waals surface area contributed by atoms with Crippen LogP contribution in [0.25, 0.3) is 0 Å². The van der Waals surface area contributed by atoms with Crippen molar-refractivity contribution >= 4 is 11.8 Å². The third kappa shape index (κ3) is 5.08. The van der Waals surface area contributed by atoms with E-state index in [0.29, 0.717) is 5.56 Å². The van der Waals surface area contributed by atoms with Crippen LogP contribution in [0.3, 0.4) is 0 Å². The third-order valence-electron chi connectivity index (χ3n) is 9.03. The van der Waals surface area contributed by atoms with Gasteiger partial charge < -0.3 is 15.7 Å².